The molecule has 1 aliphatic rings. The van der Waals surface area contributed by atoms with Crippen LogP contribution in [0.1, 0.15) is 290 Å². The first-order valence-corrected chi connectivity index (χ1v) is 32.3. The van der Waals surface area contributed by atoms with E-state index in [4.69, 9.17) is 23.7 Å². The summed E-state index contributed by atoms with van der Waals surface area (Å²) in [6.07, 6.45) is 56.1. The maximum absolute atomic E-state index is 13.2. The van der Waals surface area contributed by atoms with E-state index in [2.05, 4.69) is 81.5 Å². The molecule has 6 atom stereocenters. The van der Waals surface area contributed by atoms with Crippen molar-refractivity contribution in [3.63, 3.8) is 0 Å². The van der Waals surface area contributed by atoms with Crippen LogP contribution in [0.15, 0.2) is 60.8 Å². The molecule has 12 nitrogen and oxygen atoms in total. The van der Waals surface area contributed by atoms with E-state index < -0.39 is 67.3 Å². The largest absolute Gasteiger partial charge is 0.479 e. The molecule has 0 aromatic heterocycles. The Morgan fingerprint density at radius 2 is 0.797 bits per heavy atom. The molecule has 1 aliphatic heterocycles. The number of rotatable bonds is 55. The van der Waals surface area contributed by atoms with Gasteiger partial charge in [-0.25, -0.2) is 4.79 Å². The Bertz CT molecular complexity index is 1600. The van der Waals surface area contributed by atoms with Crippen LogP contribution in [0.25, 0.3) is 0 Å². The highest BCUT2D eigenvalue weighted by molar-refractivity contribution is 5.74. The molecule has 3 N–H and O–H groups in total. The summed E-state index contributed by atoms with van der Waals surface area (Å²) in [6, 6.07) is 0. The molecule has 0 aromatic rings. The second-order valence-corrected chi connectivity index (χ2v) is 22.0. The molecule has 0 radical (unpaired) electrons. The van der Waals surface area contributed by atoms with E-state index >= 15 is 0 Å². The molecule has 0 saturated carbocycles. The van der Waals surface area contributed by atoms with Gasteiger partial charge in [-0.1, -0.05) is 268 Å². The van der Waals surface area contributed by atoms with Crippen molar-refractivity contribution in [2.75, 3.05) is 13.2 Å². The Hall–Kier alpha value is -3.58. The number of ether oxygens (including phenoxy) is 5. The fraction of sp³-hybridized carbons (Fsp3) is 0.791. The van der Waals surface area contributed by atoms with E-state index in [1.54, 1.807) is 0 Å². The lowest BCUT2D eigenvalue weighted by Gasteiger charge is -2.40. The molecule has 12 heteroatoms. The highest BCUT2D eigenvalue weighted by atomic mass is 16.7. The zero-order valence-electron chi connectivity index (χ0n) is 50.4. The van der Waals surface area contributed by atoms with Gasteiger partial charge in [0, 0.05) is 19.3 Å². The second-order valence-electron chi connectivity index (χ2n) is 22.0. The quantitative estimate of drug-likeness (QED) is 0.0228. The van der Waals surface area contributed by atoms with Crippen molar-refractivity contribution in [3.8, 4) is 0 Å². The van der Waals surface area contributed by atoms with Gasteiger partial charge in [0.25, 0.3) is 0 Å². The lowest BCUT2D eigenvalue weighted by Crippen LogP contribution is -2.61. The third-order valence-electron chi connectivity index (χ3n) is 14.6. The molecule has 0 aromatic carbocycles. The summed E-state index contributed by atoms with van der Waals surface area (Å²) < 4.78 is 28.5. The minimum atomic E-state index is -1.90. The summed E-state index contributed by atoms with van der Waals surface area (Å²) in [5, 5.41) is 31.5. The number of esters is 3. The first-order valence-electron chi connectivity index (χ1n) is 32.3. The summed E-state index contributed by atoms with van der Waals surface area (Å²) in [5.74, 6) is -3.14. The zero-order chi connectivity index (χ0) is 57.5. The van der Waals surface area contributed by atoms with Crippen molar-refractivity contribution in [1.82, 2.24) is 0 Å². The van der Waals surface area contributed by atoms with Crippen molar-refractivity contribution < 1.29 is 58.2 Å². The van der Waals surface area contributed by atoms with Gasteiger partial charge in [-0.15, -0.1) is 0 Å². The van der Waals surface area contributed by atoms with E-state index in [0.717, 1.165) is 96.3 Å². The molecule has 1 rings (SSSR count). The summed E-state index contributed by atoms with van der Waals surface area (Å²) in [4.78, 5) is 51.3. The number of carboxylic acid groups (broad SMARTS) is 1. The molecule has 0 amide bonds. The first-order chi connectivity index (χ1) is 38.6. The van der Waals surface area contributed by atoms with Gasteiger partial charge in [0.2, 0.25) is 0 Å². The van der Waals surface area contributed by atoms with Crippen LogP contribution in [0.3, 0.4) is 0 Å². The molecule has 456 valence electrons. The van der Waals surface area contributed by atoms with Crippen LogP contribution < -0.4 is 0 Å². The molecule has 79 heavy (non-hydrogen) atoms. The Kier molecular flexibility index (Phi) is 51.1. The molecule has 0 spiro atoms. The number of carbonyl (C=O) groups excluding carboxylic acids is 3. The SMILES string of the molecule is CC/C=C\C/C=C\C/C=C\C/C=C\C/C=C\CCCCCC(=O)OCC(COC1OC(C(=O)O)C(O)C(O)C1OC(=O)CCCCCCCCCCCCCCC)OC(=O)CCCCCCCCCCCCCCCCCCC. The molecule has 1 fully saturated rings. The summed E-state index contributed by atoms with van der Waals surface area (Å²) >= 11 is 0. The van der Waals surface area contributed by atoms with Gasteiger partial charge in [0.15, 0.2) is 24.6 Å². The molecule has 6 unspecified atom stereocenters. The molecule has 0 aliphatic carbocycles. The van der Waals surface area contributed by atoms with E-state index in [1.807, 2.05) is 0 Å². The van der Waals surface area contributed by atoms with E-state index in [1.165, 1.54) is 135 Å². The van der Waals surface area contributed by atoms with Gasteiger partial charge >= 0.3 is 23.9 Å². The average molecular weight is 1110 g/mol. The number of hydrogen-bond acceptors (Lipinski definition) is 11. The van der Waals surface area contributed by atoms with Crippen molar-refractivity contribution in [1.29, 1.82) is 0 Å². The number of aliphatic carboxylic acids is 1. The standard InChI is InChI=1S/C67H116O12/c1-4-7-10-13-16-19-22-25-27-29-30-32-33-36-38-41-44-47-50-53-59(68)75-56-58(77-60(69)54-51-48-45-42-40-37-34-31-28-26-23-20-17-14-11-8-5-2)57-76-67-65(63(72)62(71)64(79-67)66(73)74)78-61(70)55-52-49-46-43-39-35-24-21-18-15-12-9-6-3/h7,10,16,19,25,27,30,32,36,38,58,62-65,67,71-72H,4-6,8-9,11-15,17-18,20-24,26,28-29,31,33-35,37,39-57H2,1-3H3,(H,73,74)/b10-7-,19-16-,27-25-,32-30-,38-36-. The minimum Gasteiger partial charge on any atom is -0.479 e. The lowest BCUT2D eigenvalue weighted by atomic mass is 9.98. The van der Waals surface area contributed by atoms with Gasteiger partial charge in [0.1, 0.15) is 18.8 Å². The number of allylic oxidation sites excluding steroid dienone is 10. The fourth-order valence-electron chi connectivity index (χ4n) is 9.69. The van der Waals surface area contributed by atoms with Crippen molar-refractivity contribution in [2.45, 2.75) is 327 Å². The molecular weight excluding hydrogens is 997 g/mol. The van der Waals surface area contributed by atoms with E-state index in [0.29, 0.717) is 19.3 Å². The topological polar surface area (TPSA) is 175 Å². The number of carboxylic acids is 1. The Morgan fingerprint density at radius 1 is 0.430 bits per heavy atom. The van der Waals surface area contributed by atoms with Crippen LogP contribution in [0.2, 0.25) is 0 Å². The second kappa shape index (κ2) is 55.0. The highest BCUT2D eigenvalue weighted by Gasteiger charge is 2.50. The first kappa shape index (κ1) is 73.4. The number of carbonyl (C=O) groups is 4. The fourth-order valence-corrected chi connectivity index (χ4v) is 9.69. The maximum atomic E-state index is 13.2. The molecule has 1 heterocycles. The monoisotopic (exact) mass is 1110 g/mol. The Morgan fingerprint density at radius 3 is 1.22 bits per heavy atom. The summed E-state index contributed by atoms with van der Waals surface area (Å²) in [5.41, 5.74) is 0. The van der Waals surface area contributed by atoms with Gasteiger partial charge in [-0.05, 0) is 64.2 Å². The Labute approximate surface area is 481 Å². The van der Waals surface area contributed by atoms with Crippen LogP contribution in [-0.2, 0) is 42.9 Å². The smallest absolute Gasteiger partial charge is 0.335 e. The summed E-state index contributed by atoms with van der Waals surface area (Å²) in [6.45, 7) is 5.89. The normalized spacial score (nSPS) is 18.2. The molecular formula is C67H116O12. The van der Waals surface area contributed by atoms with Crippen LogP contribution in [-0.4, -0.2) is 89.2 Å². The summed E-state index contributed by atoms with van der Waals surface area (Å²) in [7, 11) is 0. The van der Waals surface area contributed by atoms with Gasteiger partial charge < -0.3 is 39.0 Å². The van der Waals surface area contributed by atoms with E-state index in [9.17, 15) is 34.5 Å². The zero-order valence-corrected chi connectivity index (χ0v) is 50.4. The number of aliphatic hydroxyl groups is 2. The predicted molar refractivity (Wildman–Crippen MR) is 322 cm³/mol. The minimum absolute atomic E-state index is 0.0606. The van der Waals surface area contributed by atoms with Crippen LogP contribution in [0.5, 0.6) is 0 Å². The highest BCUT2D eigenvalue weighted by Crippen LogP contribution is 2.27. The average Bonchev–Trinajstić information content (AvgIpc) is 3.44. The number of hydrogen-bond donors (Lipinski definition) is 3. The number of aliphatic hydroxyl groups excluding tert-OH is 2. The van der Waals surface area contributed by atoms with Gasteiger partial charge in [0.05, 0.1) is 6.61 Å². The Balaban J connectivity index is 2.68. The predicted octanol–water partition coefficient (Wildman–Crippen LogP) is 17.1. The van der Waals surface area contributed by atoms with Crippen molar-refractivity contribution >= 4 is 23.9 Å². The number of unbranched alkanes of at least 4 members (excludes halogenated alkanes) is 31. The third-order valence-corrected chi connectivity index (χ3v) is 14.6. The lowest BCUT2D eigenvalue weighted by molar-refractivity contribution is -0.301. The van der Waals surface area contributed by atoms with Crippen LogP contribution >= 0.6 is 0 Å². The van der Waals surface area contributed by atoms with Crippen molar-refractivity contribution in [3.05, 3.63) is 60.8 Å². The van der Waals surface area contributed by atoms with Crippen LogP contribution in [0, 0.1) is 0 Å². The third kappa shape index (κ3) is 44.7. The molecule has 1 saturated heterocycles. The van der Waals surface area contributed by atoms with Gasteiger partial charge in [-0.3, -0.25) is 14.4 Å². The maximum Gasteiger partial charge on any atom is 0.335 e. The molecule has 0 bridgehead atoms. The van der Waals surface area contributed by atoms with Crippen molar-refractivity contribution in [2.24, 2.45) is 0 Å². The van der Waals surface area contributed by atoms with Gasteiger partial charge in [-0.2, -0.15) is 0 Å². The van der Waals surface area contributed by atoms with Crippen LogP contribution in [0.4, 0.5) is 0 Å². The van der Waals surface area contributed by atoms with E-state index in [-0.39, 0.29) is 25.9 Å².